The summed E-state index contributed by atoms with van der Waals surface area (Å²) in [6.45, 7) is 7.21. The summed E-state index contributed by atoms with van der Waals surface area (Å²) >= 11 is 0. The zero-order chi connectivity index (χ0) is 24.3. The quantitative estimate of drug-likeness (QED) is 0.613. The fourth-order valence-electron chi connectivity index (χ4n) is 5.81. The number of benzene rings is 2. The highest BCUT2D eigenvalue weighted by molar-refractivity contribution is 7.89. The van der Waals surface area contributed by atoms with Crippen molar-refractivity contribution in [1.82, 2.24) is 19.0 Å². The van der Waals surface area contributed by atoms with Crippen LogP contribution in [0, 0.1) is 5.92 Å². The predicted molar refractivity (Wildman–Crippen MR) is 139 cm³/mol. The SMILES string of the molecule is O=C(CN1CCN(CC2CCCCC2)CC1)N1CCN(S(=O)(=O)c2ccc3ccccc3c2)CC1. The molecule has 1 amide bonds. The molecule has 0 spiro atoms. The van der Waals surface area contributed by atoms with E-state index in [9.17, 15) is 13.2 Å². The summed E-state index contributed by atoms with van der Waals surface area (Å²) in [5.74, 6) is 0.979. The van der Waals surface area contributed by atoms with E-state index in [1.165, 1.54) is 43.0 Å². The van der Waals surface area contributed by atoms with Crippen molar-refractivity contribution in [2.75, 3.05) is 65.4 Å². The van der Waals surface area contributed by atoms with E-state index in [0.717, 1.165) is 42.9 Å². The molecule has 2 aromatic carbocycles. The number of hydrogen-bond donors (Lipinski definition) is 0. The number of carbonyl (C=O) groups is 1. The molecule has 3 aliphatic rings. The van der Waals surface area contributed by atoms with Crippen molar-refractivity contribution in [3.63, 3.8) is 0 Å². The Morgan fingerprint density at radius 1 is 0.771 bits per heavy atom. The van der Waals surface area contributed by atoms with Crippen molar-refractivity contribution in [2.45, 2.75) is 37.0 Å². The van der Waals surface area contributed by atoms with Crippen molar-refractivity contribution in [3.8, 4) is 0 Å². The van der Waals surface area contributed by atoms with Crippen molar-refractivity contribution < 1.29 is 13.2 Å². The number of piperazine rings is 2. The lowest BCUT2D eigenvalue weighted by Gasteiger charge is -2.38. The second-order valence-corrected chi connectivity index (χ2v) is 12.3. The van der Waals surface area contributed by atoms with Crippen molar-refractivity contribution in [2.24, 2.45) is 5.92 Å². The third-order valence-electron chi connectivity index (χ3n) is 8.01. The first-order valence-electron chi connectivity index (χ1n) is 13.2. The zero-order valence-electron chi connectivity index (χ0n) is 20.6. The molecule has 35 heavy (non-hydrogen) atoms. The van der Waals surface area contributed by atoms with Crippen LogP contribution in [0.15, 0.2) is 47.4 Å². The molecule has 0 aromatic heterocycles. The summed E-state index contributed by atoms with van der Waals surface area (Å²) in [5, 5.41) is 1.94. The number of rotatable bonds is 6. The molecule has 5 rings (SSSR count). The number of hydrogen-bond acceptors (Lipinski definition) is 5. The molecule has 8 heteroatoms. The molecule has 3 fully saturated rings. The topological polar surface area (TPSA) is 64.2 Å². The normalized spacial score (nSPS) is 22.0. The Labute approximate surface area is 209 Å². The van der Waals surface area contributed by atoms with Gasteiger partial charge in [0.25, 0.3) is 0 Å². The highest BCUT2D eigenvalue weighted by Gasteiger charge is 2.31. The standard InChI is InChI=1S/C27H38N4O3S/c32-27(22-29-14-12-28(13-15-29)21-23-6-2-1-3-7-23)30-16-18-31(19-17-30)35(33,34)26-11-10-24-8-4-5-9-25(24)20-26/h4-5,8-11,20,23H,1-3,6-7,12-19,21-22H2. The summed E-state index contributed by atoms with van der Waals surface area (Å²) in [7, 11) is -3.57. The first-order valence-corrected chi connectivity index (χ1v) is 14.6. The van der Waals surface area contributed by atoms with E-state index in [1.54, 1.807) is 12.1 Å². The molecular weight excluding hydrogens is 460 g/mol. The van der Waals surface area contributed by atoms with Crippen LogP contribution < -0.4 is 0 Å². The molecule has 0 N–H and O–H groups in total. The Morgan fingerprint density at radius 2 is 1.43 bits per heavy atom. The van der Waals surface area contributed by atoms with Gasteiger partial charge in [-0.3, -0.25) is 9.69 Å². The lowest BCUT2D eigenvalue weighted by molar-refractivity contribution is -0.134. The van der Waals surface area contributed by atoms with Crippen LogP contribution in [0.25, 0.3) is 10.8 Å². The molecule has 0 radical (unpaired) electrons. The molecule has 2 saturated heterocycles. The smallest absolute Gasteiger partial charge is 0.243 e. The van der Waals surface area contributed by atoms with Crippen LogP contribution in [0.4, 0.5) is 0 Å². The molecule has 1 aliphatic carbocycles. The second kappa shape index (κ2) is 10.9. The summed E-state index contributed by atoms with van der Waals surface area (Å²) in [6.07, 6.45) is 6.92. The third kappa shape index (κ3) is 5.88. The van der Waals surface area contributed by atoms with Gasteiger partial charge in [0.15, 0.2) is 0 Å². The van der Waals surface area contributed by atoms with E-state index in [4.69, 9.17) is 0 Å². The molecule has 2 aliphatic heterocycles. The molecule has 190 valence electrons. The minimum Gasteiger partial charge on any atom is -0.339 e. The summed E-state index contributed by atoms with van der Waals surface area (Å²) in [6, 6.07) is 13.1. The van der Waals surface area contributed by atoms with Gasteiger partial charge in [-0.15, -0.1) is 0 Å². The summed E-state index contributed by atoms with van der Waals surface area (Å²) in [4.78, 5) is 19.9. The molecule has 0 unspecified atom stereocenters. The molecule has 1 saturated carbocycles. The fourth-order valence-corrected chi connectivity index (χ4v) is 7.27. The monoisotopic (exact) mass is 498 g/mol. The Balaban J connectivity index is 1.09. The van der Waals surface area contributed by atoms with Gasteiger partial charge in [0.1, 0.15) is 0 Å². The van der Waals surface area contributed by atoms with Crippen LogP contribution in [0.5, 0.6) is 0 Å². The number of amides is 1. The number of fused-ring (bicyclic) bond motifs is 1. The van der Waals surface area contributed by atoms with Crippen molar-refractivity contribution >= 4 is 26.7 Å². The average molecular weight is 499 g/mol. The van der Waals surface area contributed by atoms with Crippen LogP contribution >= 0.6 is 0 Å². The number of nitrogens with zero attached hydrogens (tertiary/aromatic N) is 4. The highest BCUT2D eigenvalue weighted by atomic mass is 32.2. The van der Waals surface area contributed by atoms with Gasteiger partial charge in [-0.1, -0.05) is 49.6 Å². The van der Waals surface area contributed by atoms with Crippen LogP contribution in [-0.2, 0) is 14.8 Å². The molecule has 2 aromatic rings. The van der Waals surface area contributed by atoms with Crippen LogP contribution in [0.2, 0.25) is 0 Å². The molecule has 0 atom stereocenters. The first kappa shape index (κ1) is 24.7. The summed E-state index contributed by atoms with van der Waals surface area (Å²) < 4.78 is 27.9. The number of carbonyl (C=O) groups excluding carboxylic acids is 1. The maximum Gasteiger partial charge on any atom is 0.243 e. The number of sulfonamides is 1. The highest BCUT2D eigenvalue weighted by Crippen LogP contribution is 2.25. The van der Waals surface area contributed by atoms with E-state index in [0.29, 0.717) is 37.6 Å². The van der Waals surface area contributed by atoms with Crippen LogP contribution in [0.1, 0.15) is 32.1 Å². The van der Waals surface area contributed by atoms with E-state index < -0.39 is 10.0 Å². The Kier molecular flexibility index (Phi) is 7.72. The van der Waals surface area contributed by atoms with E-state index in [-0.39, 0.29) is 5.91 Å². The van der Waals surface area contributed by atoms with Gasteiger partial charge in [-0.05, 0) is 41.7 Å². The predicted octanol–water partition coefficient (Wildman–Crippen LogP) is 2.87. The van der Waals surface area contributed by atoms with E-state index in [2.05, 4.69) is 9.80 Å². The Hall–Kier alpha value is -2.00. The van der Waals surface area contributed by atoms with Gasteiger partial charge in [-0.25, -0.2) is 8.42 Å². The molecule has 2 heterocycles. The van der Waals surface area contributed by atoms with Gasteiger partial charge in [0, 0.05) is 58.9 Å². The minimum absolute atomic E-state index is 0.119. The molecule has 0 bridgehead atoms. The second-order valence-electron chi connectivity index (χ2n) is 10.4. The van der Waals surface area contributed by atoms with E-state index in [1.807, 2.05) is 35.2 Å². The van der Waals surface area contributed by atoms with Gasteiger partial charge in [-0.2, -0.15) is 4.31 Å². The van der Waals surface area contributed by atoms with Crippen LogP contribution in [-0.4, -0.2) is 98.8 Å². The van der Waals surface area contributed by atoms with Gasteiger partial charge >= 0.3 is 0 Å². The van der Waals surface area contributed by atoms with E-state index >= 15 is 0 Å². The van der Waals surface area contributed by atoms with Gasteiger partial charge in [0.2, 0.25) is 15.9 Å². The molecular formula is C27H38N4O3S. The zero-order valence-corrected chi connectivity index (χ0v) is 21.5. The van der Waals surface area contributed by atoms with Crippen LogP contribution in [0.3, 0.4) is 0 Å². The van der Waals surface area contributed by atoms with Gasteiger partial charge < -0.3 is 9.80 Å². The van der Waals surface area contributed by atoms with Crippen molar-refractivity contribution in [1.29, 1.82) is 0 Å². The Bertz CT molecular complexity index is 1120. The lowest BCUT2D eigenvalue weighted by Crippen LogP contribution is -2.54. The van der Waals surface area contributed by atoms with Crippen molar-refractivity contribution in [3.05, 3.63) is 42.5 Å². The largest absolute Gasteiger partial charge is 0.339 e. The Morgan fingerprint density at radius 3 is 2.14 bits per heavy atom. The third-order valence-corrected chi connectivity index (χ3v) is 9.91. The van der Waals surface area contributed by atoms with Gasteiger partial charge in [0.05, 0.1) is 11.4 Å². The lowest BCUT2D eigenvalue weighted by atomic mass is 9.89. The minimum atomic E-state index is -3.57. The molecule has 7 nitrogen and oxygen atoms in total. The first-order chi connectivity index (χ1) is 17.0. The maximum absolute atomic E-state index is 13.2. The fraction of sp³-hybridized carbons (Fsp3) is 0.593. The summed E-state index contributed by atoms with van der Waals surface area (Å²) in [5.41, 5.74) is 0. The average Bonchev–Trinajstić information content (AvgIpc) is 2.90. The maximum atomic E-state index is 13.2.